The molecule has 0 spiro atoms. The fourth-order valence-corrected chi connectivity index (χ4v) is 5.55. The summed E-state index contributed by atoms with van der Waals surface area (Å²) in [6.07, 6.45) is 4.97. The molecular formula is C22H24N8O2S. The molecule has 0 bridgehead atoms. The van der Waals surface area contributed by atoms with Crippen LogP contribution in [0.1, 0.15) is 24.6 Å². The van der Waals surface area contributed by atoms with Crippen LogP contribution in [0.5, 0.6) is 5.88 Å². The minimum atomic E-state index is 0.252. The number of thiazole rings is 1. The Morgan fingerprint density at radius 3 is 2.88 bits per heavy atom. The van der Waals surface area contributed by atoms with E-state index in [1.807, 2.05) is 28.5 Å². The molecule has 2 aliphatic heterocycles. The van der Waals surface area contributed by atoms with Gasteiger partial charge in [-0.15, -0.1) is 11.3 Å². The number of methoxy groups -OCH3 is 1. The molecule has 5 heterocycles. The number of oxime groups is 1. The van der Waals surface area contributed by atoms with Crippen molar-refractivity contribution in [1.82, 2.24) is 19.7 Å². The van der Waals surface area contributed by atoms with Gasteiger partial charge in [-0.05, 0) is 38.3 Å². The van der Waals surface area contributed by atoms with Crippen LogP contribution in [0, 0.1) is 0 Å². The summed E-state index contributed by atoms with van der Waals surface area (Å²) in [5.41, 5.74) is 5.51. The highest BCUT2D eigenvalue weighted by molar-refractivity contribution is 7.14. The molecule has 10 nitrogen and oxygen atoms in total. The maximum atomic E-state index is 9.47. The SMILES string of the molecule is COc1nc(-c2csc(N3C/C(=N\O)Cn4nc5c(c43)CCC5)n2)ccc1N1C=NC(C)C1. The van der Waals surface area contributed by atoms with Crippen molar-refractivity contribution in [3.8, 4) is 17.3 Å². The first-order valence-electron chi connectivity index (χ1n) is 11.0. The number of rotatable bonds is 4. The van der Waals surface area contributed by atoms with Gasteiger partial charge < -0.3 is 14.8 Å². The van der Waals surface area contributed by atoms with Crippen molar-refractivity contribution < 1.29 is 9.94 Å². The first-order valence-corrected chi connectivity index (χ1v) is 11.9. The summed E-state index contributed by atoms with van der Waals surface area (Å²) in [7, 11) is 1.63. The molecule has 0 saturated carbocycles. The summed E-state index contributed by atoms with van der Waals surface area (Å²) in [5, 5.41) is 20.5. The number of aryl methyl sites for hydroxylation is 1. The second kappa shape index (κ2) is 7.84. The molecule has 0 saturated heterocycles. The Labute approximate surface area is 194 Å². The highest BCUT2D eigenvalue weighted by Crippen LogP contribution is 2.40. The average molecular weight is 465 g/mol. The fraction of sp³-hybridized carbons (Fsp3) is 0.409. The number of hydrogen-bond acceptors (Lipinski definition) is 10. The number of fused-ring (bicyclic) bond motifs is 3. The average Bonchev–Trinajstić information content (AvgIpc) is 3.62. The summed E-state index contributed by atoms with van der Waals surface area (Å²) in [6.45, 7) is 3.88. The predicted molar refractivity (Wildman–Crippen MR) is 128 cm³/mol. The van der Waals surface area contributed by atoms with Crippen LogP contribution in [0.25, 0.3) is 11.4 Å². The zero-order chi connectivity index (χ0) is 22.5. The van der Waals surface area contributed by atoms with Gasteiger partial charge in [-0.25, -0.2) is 14.6 Å². The van der Waals surface area contributed by atoms with Gasteiger partial charge in [0.15, 0.2) is 5.13 Å². The van der Waals surface area contributed by atoms with Crippen molar-refractivity contribution in [3.05, 3.63) is 28.8 Å². The third-order valence-corrected chi connectivity index (χ3v) is 7.13. The van der Waals surface area contributed by atoms with Gasteiger partial charge in [0.2, 0.25) is 5.88 Å². The van der Waals surface area contributed by atoms with E-state index in [0.29, 0.717) is 24.7 Å². The van der Waals surface area contributed by atoms with Crippen LogP contribution in [0.15, 0.2) is 27.7 Å². The smallest absolute Gasteiger partial charge is 0.238 e. The van der Waals surface area contributed by atoms with E-state index >= 15 is 0 Å². The fourth-order valence-electron chi connectivity index (χ4n) is 4.73. The molecule has 0 fully saturated rings. The van der Waals surface area contributed by atoms with Gasteiger partial charge in [0.25, 0.3) is 0 Å². The summed E-state index contributed by atoms with van der Waals surface area (Å²) in [5.74, 6) is 1.62. The van der Waals surface area contributed by atoms with Gasteiger partial charge in [-0.1, -0.05) is 5.16 Å². The number of aromatic nitrogens is 4. The van der Waals surface area contributed by atoms with Crippen LogP contribution in [-0.2, 0) is 19.4 Å². The van der Waals surface area contributed by atoms with Gasteiger partial charge in [0.05, 0.1) is 49.7 Å². The first-order chi connectivity index (χ1) is 16.1. The molecular weight excluding hydrogens is 440 g/mol. The van der Waals surface area contributed by atoms with Gasteiger partial charge in [-0.3, -0.25) is 9.89 Å². The van der Waals surface area contributed by atoms with Crippen molar-refractivity contribution in [3.63, 3.8) is 0 Å². The van der Waals surface area contributed by atoms with Crippen LogP contribution in [-0.4, -0.2) is 63.2 Å². The molecule has 3 aromatic rings. The Morgan fingerprint density at radius 2 is 2.09 bits per heavy atom. The topological polar surface area (TPSA) is 104 Å². The third kappa shape index (κ3) is 3.34. The first kappa shape index (κ1) is 20.2. The van der Waals surface area contributed by atoms with Crippen molar-refractivity contribution in [1.29, 1.82) is 0 Å². The minimum absolute atomic E-state index is 0.252. The maximum absolute atomic E-state index is 9.47. The Hall–Kier alpha value is -3.47. The van der Waals surface area contributed by atoms with E-state index in [1.54, 1.807) is 18.4 Å². The lowest BCUT2D eigenvalue weighted by molar-refractivity contribution is 0.315. The Morgan fingerprint density at radius 1 is 1.18 bits per heavy atom. The number of hydrogen-bond donors (Lipinski definition) is 1. The monoisotopic (exact) mass is 464 g/mol. The molecule has 1 N–H and O–H groups in total. The zero-order valence-electron chi connectivity index (χ0n) is 18.5. The van der Waals surface area contributed by atoms with Gasteiger partial charge in [0, 0.05) is 17.5 Å². The van der Waals surface area contributed by atoms with E-state index in [0.717, 1.165) is 59.5 Å². The molecule has 11 heteroatoms. The quantitative estimate of drug-likeness (QED) is 0.467. The normalized spacial score (nSPS) is 20.5. The van der Waals surface area contributed by atoms with E-state index in [4.69, 9.17) is 19.8 Å². The van der Waals surface area contributed by atoms with Crippen molar-refractivity contribution >= 4 is 40.0 Å². The van der Waals surface area contributed by atoms with E-state index < -0.39 is 0 Å². The number of nitrogens with zero attached hydrogens (tertiary/aromatic N) is 8. The standard InChI is InChI=1S/C22H24N8O2S/c1-13-8-28(12-23-13)19-7-6-17(24-20(19)32-2)18-11-33-22(25-18)29-9-14(27-31)10-30-21(29)15-4-3-5-16(15)26-30/h6-7,11-13,31H,3-5,8-10H2,1-2H3/b27-14+. The summed E-state index contributed by atoms with van der Waals surface area (Å²) < 4.78 is 7.53. The van der Waals surface area contributed by atoms with E-state index in [1.165, 1.54) is 5.56 Å². The summed E-state index contributed by atoms with van der Waals surface area (Å²) in [4.78, 5) is 18.2. The van der Waals surface area contributed by atoms with Crippen molar-refractivity contribution in [2.45, 2.75) is 38.8 Å². The molecule has 0 aromatic carbocycles. The number of pyridine rings is 1. The molecule has 3 aliphatic rings. The van der Waals surface area contributed by atoms with E-state index in [9.17, 15) is 5.21 Å². The molecule has 3 aromatic heterocycles. The number of aliphatic imine (C=N–C) groups is 1. The van der Waals surface area contributed by atoms with E-state index in [2.05, 4.69) is 26.9 Å². The van der Waals surface area contributed by atoms with E-state index in [-0.39, 0.29) is 6.04 Å². The van der Waals surface area contributed by atoms with Crippen LogP contribution in [0.2, 0.25) is 0 Å². The number of ether oxygens (including phenoxy) is 1. The third-order valence-electron chi connectivity index (χ3n) is 6.26. The number of anilines is 3. The molecule has 1 unspecified atom stereocenters. The van der Waals surface area contributed by atoms with Gasteiger partial charge >= 0.3 is 0 Å². The Bertz CT molecular complexity index is 1280. The second-order valence-electron chi connectivity index (χ2n) is 8.52. The molecule has 1 aliphatic carbocycles. The van der Waals surface area contributed by atoms with Crippen LogP contribution in [0.4, 0.5) is 16.6 Å². The van der Waals surface area contributed by atoms with Crippen LogP contribution < -0.4 is 14.5 Å². The highest BCUT2D eigenvalue weighted by atomic mass is 32.1. The lowest BCUT2D eigenvalue weighted by Gasteiger charge is -2.28. The maximum Gasteiger partial charge on any atom is 0.238 e. The molecule has 6 rings (SSSR count). The summed E-state index contributed by atoms with van der Waals surface area (Å²) >= 11 is 1.54. The zero-order valence-corrected chi connectivity index (χ0v) is 19.3. The van der Waals surface area contributed by atoms with Crippen LogP contribution >= 0.6 is 11.3 Å². The largest absolute Gasteiger partial charge is 0.479 e. The Kier molecular flexibility index (Phi) is 4.79. The lowest BCUT2D eigenvalue weighted by Crippen LogP contribution is -2.36. The molecule has 33 heavy (non-hydrogen) atoms. The van der Waals surface area contributed by atoms with Crippen LogP contribution in [0.3, 0.4) is 0 Å². The molecule has 0 radical (unpaired) electrons. The van der Waals surface area contributed by atoms with Gasteiger partial charge in [-0.2, -0.15) is 5.10 Å². The Balaban J connectivity index is 1.34. The molecule has 0 amide bonds. The summed E-state index contributed by atoms with van der Waals surface area (Å²) in [6, 6.07) is 4.22. The lowest BCUT2D eigenvalue weighted by atomic mass is 10.2. The minimum Gasteiger partial charge on any atom is -0.479 e. The van der Waals surface area contributed by atoms with Crippen molar-refractivity contribution in [2.24, 2.45) is 10.1 Å². The predicted octanol–water partition coefficient (Wildman–Crippen LogP) is 3.12. The van der Waals surface area contributed by atoms with Gasteiger partial charge in [0.1, 0.15) is 17.2 Å². The second-order valence-corrected chi connectivity index (χ2v) is 9.36. The highest BCUT2D eigenvalue weighted by Gasteiger charge is 2.33. The molecule has 170 valence electrons. The molecule has 1 atom stereocenters. The van der Waals surface area contributed by atoms with Crippen molar-refractivity contribution in [2.75, 3.05) is 30.0 Å².